The quantitative estimate of drug-likeness (QED) is 0.611. The molecular formula is C25H31F3N2O3S. The van der Waals surface area contributed by atoms with Crippen LogP contribution in [0.3, 0.4) is 0 Å². The van der Waals surface area contributed by atoms with E-state index in [0.29, 0.717) is 10.2 Å². The molecule has 2 aromatic rings. The van der Waals surface area contributed by atoms with Crippen LogP contribution in [-0.4, -0.2) is 33.2 Å². The third kappa shape index (κ3) is 6.68. The fourth-order valence-electron chi connectivity index (χ4n) is 3.43. The predicted molar refractivity (Wildman–Crippen MR) is 129 cm³/mol. The second kappa shape index (κ2) is 10.3. The van der Waals surface area contributed by atoms with Gasteiger partial charge in [0.05, 0.1) is 10.1 Å². The van der Waals surface area contributed by atoms with Crippen molar-refractivity contribution in [2.45, 2.75) is 73.3 Å². The van der Waals surface area contributed by atoms with Crippen molar-refractivity contribution in [2.24, 2.45) is 5.41 Å². The summed E-state index contributed by atoms with van der Waals surface area (Å²) in [5, 5.41) is 0. The second-order valence-corrected chi connectivity index (χ2v) is 10.8. The van der Waals surface area contributed by atoms with E-state index < -0.39 is 22.7 Å². The Morgan fingerprint density at radius 3 is 2.00 bits per heavy atom. The average molecular weight is 497 g/mol. The number of alkyl halides is 3. The number of Topliss-reactive ketones (excluding diaryl/α,β-unsaturated/α-hetero) is 1. The Balaban J connectivity index is 2.64. The summed E-state index contributed by atoms with van der Waals surface area (Å²) in [6.45, 7) is 12.5. The lowest BCUT2D eigenvalue weighted by Crippen LogP contribution is -2.46. The Kier molecular flexibility index (Phi) is 8.35. The first-order valence-electron chi connectivity index (χ1n) is 11.0. The van der Waals surface area contributed by atoms with Crippen molar-refractivity contribution in [1.29, 1.82) is 0 Å². The highest BCUT2D eigenvalue weighted by Crippen LogP contribution is 2.29. The Bertz CT molecular complexity index is 1210. The van der Waals surface area contributed by atoms with Crippen LogP contribution in [0.25, 0.3) is 12.2 Å². The number of thiazole rings is 1. The van der Waals surface area contributed by atoms with Crippen LogP contribution in [0.4, 0.5) is 13.2 Å². The molecule has 0 aliphatic carbocycles. The van der Waals surface area contributed by atoms with E-state index in [4.69, 9.17) is 0 Å². The third-order valence-corrected chi connectivity index (χ3v) is 6.22. The Morgan fingerprint density at radius 1 is 1.03 bits per heavy atom. The van der Waals surface area contributed by atoms with Crippen molar-refractivity contribution in [3.63, 3.8) is 0 Å². The zero-order valence-corrected chi connectivity index (χ0v) is 21.3. The molecule has 5 nitrogen and oxygen atoms in total. The number of ketones is 1. The fraction of sp³-hybridized carbons (Fsp3) is 0.480. The van der Waals surface area contributed by atoms with E-state index in [1.54, 1.807) is 25.7 Å². The summed E-state index contributed by atoms with van der Waals surface area (Å²) < 4.78 is 40.4. The smallest absolute Gasteiger partial charge is 0.336 e. The van der Waals surface area contributed by atoms with Crippen molar-refractivity contribution < 1.29 is 22.8 Å². The Morgan fingerprint density at radius 2 is 1.56 bits per heavy atom. The summed E-state index contributed by atoms with van der Waals surface area (Å²) >= 11 is 1.03. The van der Waals surface area contributed by atoms with Crippen molar-refractivity contribution in [1.82, 2.24) is 9.47 Å². The number of rotatable bonds is 6. The number of hydrogen-bond donors (Lipinski definition) is 0. The molecule has 9 heteroatoms. The number of carbonyl (C=O) groups excluding carboxylic acids is 2. The highest BCUT2D eigenvalue weighted by atomic mass is 32.1. The minimum Gasteiger partial charge on any atom is -0.336 e. The van der Waals surface area contributed by atoms with Gasteiger partial charge in [-0.3, -0.25) is 19.0 Å². The number of benzene rings is 1. The monoisotopic (exact) mass is 496 g/mol. The molecule has 1 aromatic heterocycles. The number of amides is 1. The van der Waals surface area contributed by atoms with Gasteiger partial charge in [0.15, 0.2) is 5.78 Å². The maximum absolute atomic E-state index is 13.2. The van der Waals surface area contributed by atoms with E-state index >= 15 is 0 Å². The maximum atomic E-state index is 13.2. The molecule has 34 heavy (non-hydrogen) atoms. The lowest BCUT2D eigenvalue weighted by atomic mass is 9.91. The van der Waals surface area contributed by atoms with Crippen LogP contribution in [0.5, 0.6) is 0 Å². The molecule has 0 radical (unpaired) electrons. The first-order chi connectivity index (χ1) is 15.5. The average Bonchev–Trinajstić information content (AvgIpc) is 2.95. The lowest BCUT2D eigenvalue weighted by Gasteiger charge is -2.30. The Labute approximate surface area is 201 Å². The van der Waals surface area contributed by atoms with Gasteiger partial charge in [0.25, 0.3) is 5.56 Å². The molecule has 0 aliphatic heterocycles. The van der Waals surface area contributed by atoms with Gasteiger partial charge in [-0.2, -0.15) is 13.2 Å². The van der Waals surface area contributed by atoms with Gasteiger partial charge in [-0.25, -0.2) is 0 Å². The van der Waals surface area contributed by atoms with Gasteiger partial charge >= 0.3 is 6.18 Å². The topological polar surface area (TPSA) is 59.4 Å². The molecule has 0 fully saturated rings. The highest BCUT2D eigenvalue weighted by molar-refractivity contribution is 7.07. The summed E-state index contributed by atoms with van der Waals surface area (Å²) in [5.74, 6) is -0.468. The minimum atomic E-state index is -4.46. The second-order valence-electron chi connectivity index (χ2n) is 9.71. The predicted octanol–water partition coefficient (Wildman–Crippen LogP) is 3.80. The number of nitrogens with zero attached hydrogens (tertiary/aromatic N) is 2. The van der Waals surface area contributed by atoms with Gasteiger partial charge in [0.2, 0.25) is 5.91 Å². The molecular weight excluding hydrogens is 465 g/mol. The fourth-order valence-corrected chi connectivity index (χ4v) is 4.47. The van der Waals surface area contributed by atoms with Crippen LogP contribution >= 0.6 is 11.3 Å². The number of aromatic nitrogens is 1. The molecule has 1 amide bonds. The summed E-state index contributed by atoms with van der Waals surface area (Å²) in [4.78, 5) is 40.6. The van der Waals surface area contributed by atoms with Crippen LogP contribution in [0.2, 0.25) is 0 Å². The molecule has 1 aromatic carbocycles. The summed E-state index contributed by atoms with van der Waals surface area (Å²) in [6, 6.07) is 4.29. The molecule has 1 heterocycles. The van der Waals surface area contributed by atoms with Crippen molar-refractivity contribution in [3.8, 4) is 0 Å². The van der Waals surface area contributed by atoms with Gasteiger partial charge < -0.3 is 4.90 Å². The van der Waals surface area contributed by atoms with E-state index in [-0.39, 0.29) is 34.9 Å². The van der Waals surface area contributed by atoms with Crippen LogP contribution in [0, 0.1) is 5.41 Å². The van der Waals surface area contributed by atoms with Gasteiger partial charge in [0, 0.05) is 23.6 Å². The molecule has 0 N–H and O–H groups in total. The molecule has 0 saturated heterocycles. The van der Waals surface area contributed by atoms with Crippen LogP contribution < -0.4 is 14.8 Å². The maximum Gasteiger partial charge on any atom is 0.416 e. The van der Waals surface area contributed by atoms with Gasteiger partial charge in [0.1, 0.15) is 11.2 Å². The zero-order valence-electron chi connectivity index (χ0n) is 20.5. The minimum absolute atomic E-state index is 0.0799. The molecule has 0 spiro atoms. The zero-order chi connectivity index (χ0) is 26.0. The highest BCUT2D eigenvalue weighted by Gasteiger charge is 2.30. The van der Waals surface area contributed by atoms with E-state index in [1.807, 2.05) is 27.7 Å². The van der Waals surface area contributed by atoms with Crippen molar-refractivity contribution in [2.75, 3.05) is 0 Å². The Hall–Kier alpha value is -2.68. The van der Waals surface area contributed by atoms with Crippen molar-refractivity contribution in [3.05, 3.63) is 54.9 Å². The summed E-state index contributed by atoms with van der Waals surface area (Å²) in [5.41, 5.74) is -1.54. The standard InChI is InChI=1S/C25H31F3N2O3S/c1-15(2)30(16(3)4)21(32)14-29-22(13-20(31)24(5,6)7)34-19(23(29)33)12-17-8-10-18(11-9-17)25(26,27)28/h8-13,15-16H,14H2,1-7H3/b19-12-,22-13-. The van der Waals surface area contributed by atoms with Gasteiger partial charge in [-0.1, -0.05) is 32.9 Å². The molecule has 186 valence electrons. The van der Waals surface area contributed by atoms with Crippen molar-refractivity contribution >= 4 is 35.2 Å². The number of hydrogen-bond acceptors (Lipinski definition) is 4. The first kappa shape index (κ1) is 27.6. The molecule has 0 aliphatic rings. The molecule has 0 atom stereocenters. The lowest BCUT2D eigenvalue weighted by molar-refractivity contribution is -0.137. The third-order valence-electron chi connectivity index (χ3n) is 5.16. The van der Waals surface area contributed by atoms with E-state index in [0.717, 1.165) is 23.5 Å². The normalized spacial score (nSPS) is 13.8. The molecule has 0 unspecified atom stereocenters. The summed E-state index contributed by atoms with van der Waals surface area (Å²) in [6.07, 6.45) is -1.63. The summed E-state index contributed by atoms with van der Waals surface area (Å²) in [7, 11) is 0. The van der Waals surface area contributed by atoms with Crippen LogP contribution in [0.1, 0.15) is 59.6 Å². The van der Waals surface area contributed by atoms with Crippen LogP contribution in [-0.2, 0) is 22.3 Å². The SMILES string of the molecule is CC(C)N(C(=O)Cn1c(=O)/c(=C/c2ccc(C(F)(F)F)cc2)s/c1=C\C(=O)C(C)(C)C)C(C)C. The molecule has 2 rings (SSSR count). The number of halogens is 3. The van der Waals surface area contributed by atoms with E-state index in [2.05, 4.69) is 0 Å². The van der Waals surface area contributed by atoms with E-state index in [9.17, 15) is 27.6 Å². The largest absolute Gasteiger partial charge is 0.416 e. The number of carbonyl (C=O) groups is 2. The van der Waals surface area contributed by atoms with Gasteiger partial charge in [-0.05, 0) is 51.5 Å². The van der Waals surface area contributed by atoms with E-state index in [1.165, 1.54) is 28.9 Å². The molecule has 0 bridgehead atoms. The molecule has 0 saturated carbocycles. The van der Waals surface area contributed by atoms with Gasteiger partial charge in [-0.15, -0.1) is 11.3 Å². The van der Waals surface area contributed by atoms with Crippen LogP contribution in [0.15, 0.2) is 29.1 Å². The first-order valence-corrected chi connectivity index (χ1v) is 11.8.